The summed E-state index contributed by atoms with van der Waals surface area (Å²) in [6.45, 7) is 17.6. The Morgan fingerprint density at radius 3 is 1.28 bits per heavy atom. The maximum atomic E-state index is 11.7. The van der Waals surface area contributed by atoms with Crippen molar-refractivity contribution in [2.45, 2.75) is 18.0 Å². The van der Waals surface area contributed by atoms with E-state index >= 15 is 0 Å². The summed E-state index contributed by atoms with van der Waals surface area (Å²) in [4.78, 5) is 9.27. The first-order valence-corrected chi connectivity index (χ1v) is 6.55. The summed E-state index contributed by atoms with van der Waals surface area (Å²) in [5.41, 5.74) is 0. The number of carboxylic acid groups (broad SMARTS) is 1. The molecule has 0 aromatic heterocycles. The fourth-order valence-electron chi connectivity index (χ4n) is 1.52. The Labute approximate surface area is 140 Å². The summed E-state index contributed by atoms with van der Waals surface area (Å²) in [5, 5.41) is 9.27. The van der Waals surface area contributed by atoms with Gasteiger partial charge in [0.05, 0.1) is 6.20 Å². The minimum absolute atomic E-state index is 0.760. The predicted molar refractivity (Wildman–Crippen MR) is 76.6 cm³/mol. The number of aliphatic carboxylic acids is 1. The molecule has 0 amide bonds. The lowest BCUT2D eigenvalue weighted by Gasteiger charge is -2.31. The summed E-state index contributed by atoms with van der Waals surface area (Å²) >= 11 is 0. The number of alkyl halides is 7. The Bertz CT molecular complexity index is 472. The van der Waals surface area contributed by atoms with Crippen LogP contribution in [0.3, 0.4) is 0 Å². The first kappa shape index (κ1) is 25.1. The highest BCUT2D eigenvalue weighted by atomic mass is 19.4. The second-order valence-electron chi connectivity index (χ2n) is 4.75. The average molecular weight is 377 g/mol. The summed E-state index contributed by atoms with van der Waals surface area (Å²) in [5.74, 6) is -16.7. The molecule has 0 unspecified atom stereocenters. The standard InChI is InChI=1S/C11H18N.C4HF7O2/c1-5-9-12(8-4,10-6-2)11-7-3;5-2(6,1(12)13)3(7,8)4(9,10)11/h5-8H,1-4,9-11H2;(H,12,13)/q+1;/p-1. The maximum Gasteiger partial charge on any atom is 0.460 e. The average Bonchev–Trinajstić information content (AvgIpc) is 2.47. The van der Waals surface area contributed by atoms with Gasteiger partial charge in [0.25, 0.3) is 0 Å². The lowest BCUT2D eigenvalue weighted by Crippen LogP contribution is -2.60. The molecule has 0 aromatic carbocycles. The highest BCUT2D eigenvalue weighted by molar-refractivity contribution is 5.74. The van der Waals surface area contributed by atoms with Crippen LogP contribution in [0.15, 0.2) is 50.7 Å². The van der Waals surface area contributed by atoms with E-state index in [1.165, 1.54) is 0 Å². The van der Waals surface area contributed by atoms with Crippen LogP contribution in [0.2, 0.25) is 0 Å². The molecule has 0 N–H and O–H groups in total. The number of carbonyl (C=O) groups is 1. The molecule has 0 saturated carbocycles. The number of hydrogen-bond acceptors (Lipinski definition) is 2. The Hall–Kier alpha value is -2.10. The molecule has 0 aliphatic carbocycles. The predicted octanol–water partition coefficient (Wildman–Crippen LogP) is 3.07. The summed E-state index contributed by atoms with van der Waals surface area (Å²) in [7, 11) is 0. The van der Waals surface area contributed by atoms with Gasteiger partial charge in [0.2, 0.25) is 0 Å². The van der Waals surface area contributed by atoms with E-state index in [0.717, 1.165) is 24.1 Å². The van der Waals surface area contributed by atoms with Gasteiger partial charge in [-0.1, -0.05) is 19.7 Å². The fourth-order valence-corrected chi connectivity index (χ4v) is 1.52. The van der Waals surface area contributed by atoms with Crippen LogP contribution in [-0.4, -0.2) is 48.1 Å². The van der Waals surface area contributed by atoms with E-state index in [-0.39, 0.29) is 0 Å². The van der Waals surface area contributed by atoms with Gasteiger partial charge in [0.15, 0.2) is 0 Å². The molecule has 0 saturated heterocycles. The van der Waals surface area contributed by atoms with Crippen LogP contribution in [0.5, 0.6) is 0 Å². The quantitative estimate of drug-likeness (QED) is 0.352. The topological polar surface area (TPSA) is 40.1 Å². The van der Waals surface area contributed by atoms with E-state index in [9.17, 15) is 40.6 Å². The van der Waals surface area contributed by atoms with Crippen molar-refractivity contribution in [1.29, 1.82) is 0 Å². The molecule has 10 heteroatoms. The van der Waals surface area contributed by atoms with Crippen LogP contribution in [0, 0.1) is 0 Å². The fraction of sp³-hybridized carbons (Fsp3) is 0.400. The van der Waals surface area contributed by atoms with Crippen LogP contribution >= 0.6 is 0 Å². The van der Waals surface area contributed by atoms with Gasteiger partial charge in [-0.25, -0.2) is 0 Å². The van der Waals surface area contributed by atoms with Gasteiger partial charge in [0, 0.05) is 0 Å². The van der Waals surface area contributed by atoms with E-state index in [1.54, 1.807) is 0 Å². The van der Waals surface area contributed by atoms with E-state index < -0.39 is 24.0 Å². The molecule has 0 radical (unpaired) electrons. The molecule has 0 aliphatic rings. The second-order valence-corrected chi connectivity index (χ2v) is 4.75. The Kier molecular flexibility index (Phi) is 9.45. The lowest BCUT2D eigenvalue weighted by atomic mass is 10.1. The van der Waals surface area contributed by atoms with Gasteiger partial charge in [-0.2, -0.15) is 30.7 Å². The van der Waals surface area contributed by atoms with E-state index in [4.69, 9.17) is 0 Å². The normalized spacial score (nSPS) is 12.4. The van der Waals surface area contributed by atoms with Crippen LogP contribution in [0.4, 0.5) is 30.7 Å². The smallest absolute Gasteiger partial charge is 0.460 e. The monoisotopic (exact) mass is 377 g/mol. The largest absolute Gasteiger partial charge is 0.544 e. The Morgan fingerprint density at radius 2 is 1.16 bits per heavy atom. The van der Waals surface area contributed by atoms with Gasteiger partial charge in [-0.15, -0.1) is 0 Å². The molecule has 0 aliphatic heterocycles. The third-order valence-corrected chi connectivity index (χ3v) is 2.87. The minimum Gasteiger partial charge on any atom is -0.544 e. The highest BCUT2D eigenvalue weighted by Gasteiger charge is 2.73. The van der Waals surface area contributed by atoms with E-state index in [0.29, 0.717) is 0 Å². The molecular formula is C15H18F7NO2. The van der Waals surface area contributed by atoms with Crippen LogP contribution in [0.25, 0.3) is 0 Å². The van der Waals surface area contributed by atoms with Crippen LogP contribution in [-0.2, 0) is 4.79 Å². The number of nitrogens with zero attached hydrogens (tertiary/aromatic N) is 1. The molecular weight excluding hydrogens is 359 g/mol. The molecule has 144 valence electrons. The number of carbonyl (C=O) groups excluding carboxylic acids is 1. The second kappa shape index (κ2) is 9.40. The van der Waals surface area contributed by atoms with Crippen molar-refractivity contribution < 1.29 is 45.1 Å². The summed E-state index contributed by atoms with van der Waals surface area (Å²) in [6, 6.07) is 0. The highest BCUT2D eigenvalue weighted by Crippen LogP contribution is 2.46. The van der Waals surface area contributed by atoms with Gasteiger partial charge >= 0.3 is 18.0 Å². The van der Waals surface area contributed by atoms with Crippen molar-refractivity contribution in [2.75, 3.05) is 19.6 Å². The molecule has 0 atom stereocenters. The molecule has 0 heterocycles. The van der Waals surface area contributed by atoms with Gasteiger partial charge in [0.1, 0.15) is 25.6 Å². The first-order valence-electron chi connectivity index (χ1n) is 6.55. The van der Waals surface area contributed by atoms with Gasteiger partial charge in [-0.05, 0) is 24.8 Å². The van der Waals surface area contributed by atoms with Gasteiger partial charge < -0.3 is 9.90 Å². The molecule has 3 nitrogen and oxygen atoms in total. The van der Waals surface area contributed by atoms with Crippen LogP contribution in [0.1, 0.15) is 0 Å². The first-order chi connectivity index (χ1) is 11.2. The molecule has 0 aromatic rings. The molecule has 0 bridgehead atoms. The number of rotatable bonds is 9. The molecule has 0 rings (SSSR count). The Morgan fingerprint density at radius 1 is 0.840 bits per heavy atom. The zero-order chi connectivity index (χ0) is 20.5. The SMILES string of the molecule is C=CC[N+](C=C)(CC=C)CC=C.O=C([O-])C(F)(F)C(F)(F)C(F)(F)F. The van der Waals surface area contributed by atoms with Crippen molar-refractivity contribution in [1.82, 2.24) is 0 Å². The molecule has 0 fully saturated rings. The zero-order valence-electron chi connectivity index (χ0n) is 13.2. The van der Waals surface area contributed by atoms with Crippen molar-refractivity contribution in [3.05, 3.63) is 50.7 Å². The third kappa shape index (κ3) is 6.37. The van der Waals surface area contributed by atoms with Crippen LogP contribution < -0.4 is 5.11 Å². The van der Waals surface area contributed by atoms with Crippen molar-refractivity contribution in [3.8, 4) is 0 Å². The van der Waals surface area contributed by atoms with Crippen molar-refractivity contribution >= 4 is 5.97 Å². The summed E-state index contributed by atoms with van der Waals surface area (Å²) < 4.78 is 81.0. The summed E-state index contributed by atoms with van der Waals surface area (Å²) in [6.07, 6.45) is 0.972. The third-order valence-electron chi connectivity index (χ3n) is 2.87. The maximum absolute atomic E-state index is 11.7. The number of halogens is 7. The lowest BCUT2D eigenvalue weighted by molar-refractivity contribution is -0.861. The Balaban J connectivity index is 0. The molecule has 25 heavy (non-hydrogen) atoms. The zero-order valence-corrected chi connectivity index (χ0v) is 13.2. The number of hydrogen-bond donors (Lipinski definition) is 0. The van der Waals surface area contributed by atoms with Crippen molar-refractivity contribution in [3.63, 3.8) is 0 Å². The molecule has 0 spiro atoms. The number of carboxylic acids is 1. The van der Waals surface area contributed by atoms with E-state index in [1.807, 2.05) is 24.4 Å². The number of quaternary nitrogens is 1. The van der Waals surface area contributed by atoms with Crippen molar-refractivity contribution in [2.24, 2.45) is 0 Å². The van der Waals surface area contributed by atoms with E-state index in [2.05, 4.69) is 26.3 Å². The van der Waals surface area contributed by atoms with Gasteiger partial charge in [-0.3, -0.25) is 4.48 Å². The minimum atomic E-state index is -6.64.